The van der Waals surface area contributed by atoms with Gasteiger partial charge < -0.3 is 24.6 Å². The Balaban J connectivity index is 1.55. The van der Waals surface area contributed by atoms with Gasteiger partial charge in [0.1, 0.15) is 12.9 Å². The number of nitrogens with one attached hydrogen (secondary N) is 1. The van der Waals surface area contributed by atoms with Gasteiger partial charge in [-0.05, 0) is 17.2 Å². The van der Waals surface area contributed by atoms with Gasteiger partial charge in [0.2, 0.25) is 12.0 Å². The maximum atomic E-state index is 14.5. The molecule has 0 aromatic heterocycles. The molecule has 9 heteroatoms. The maximum Gasteiger partial charge on any atom is 0.326 e. The van der Waals surface area contributed by atoms with Crippen molar-refractivity contribution in [3.8, 4) is 0 Å². The largest absolute Gasteiger partial charge is 0.374 e. The molecule has 1 unspecified atom stereocenters. The van der Waals surface area contributed by atoms with Crippen LogP contribution in [0.1, 0.15) is 11.1 Å². The second kappa shape index (κ2) is 10.2. The lowest BCUT2D eigenvalue weighted by atomic mass is 9.98. The summed E-state index contributed by atoms with van der Waals surface area (Å²) in [5, 5.41) is 11.8. The number of aliphatic hydroxyl groups is 1. The van der Waals surface area contributed by atoms with Crippen LogP contribution in [-0.4, -0.2) is 59.3 Å². The second-order valence-electron chi connectivity index (χ2n) is 7.87. The van der Waals surface area contributed by atoms with Crippen molar-refractivity contribution in [2.24, 2.45) is 0 Å². The summed E-state index contributed by atoms with van der Waals surface area (Å²) in [4.78, 5) is 26.6. The quantitative estimate of drug-likeness (QED) is 0.601. The first kappa shape index (κ1) is 23.1. The van der Waals surface area contributed by atoms with Crippen LogP contribution in [0.3, 0.4) is 0 Å². The number of rotatable bonds is 9. The summed E-state index contributed by atoms with van der Waals surface area (Å²) in [6.07, 6.45) is -1.41. The normalized spacial score (nSPS) is 27.1. The van der Waals surface area contributed by atoms with E-state index >= 15 is 0 Å². The maximum absolute atomic E-state index is 14.5. The first-order valence-corrected chi connectivity index (χ1v) is 10.5. The topological polar surface area (TPSA) is 97.3 Å². The van der Waals surface area contributed by atoms with Gasteiger partial charge in [-0.25, -0.2) is 9.18 Å². The summed E-state index contributed by atoms with van der Waals surface area (Å²) in [6, 6.07) is 17.7. The highest BCUT2D eigenvalue weighted by Crippen LogP contribution is 2.35. The van der Waals surface area contributed by atoms with Gasteiger partial charge in [0.05, 0.1) is 19.8 Å². The van der Waals surface area contributed by atoms with Crippen molar-refractivity contribution in [1.29, 1.82) is 0 Å². The minimum Gasteiger partial charge on any atom is -0.374 e. The molecule has 0 aliphatic carbocycles. The summed E-state index contributed by atoms with van der Waals surface area (Å²) in [5.74, 6) is -0.608. The molecule has 33 heavy (non-hydrogen) atoms. The molecule has 4 atom stereocenters. The highest BCUT2D eigenvalue weighted by molar-refractivity contribution is 5.94. The van der Waals surface area contributed by atoms with Crippen LogP contribution in [-0.2, 0) is 32.2 Å². The first-order chi connectivity index (χ1) is 16.0. The molecule has 2 aliphatic heterocycles. The van der Waals surface area contributed by atoms with Gasteiger partial charge in [-0.2, -0.15) is 0 Å². The van der Waals surface area contributed by atoms with Crippen LogP contribution in [0.5, 0.6) is 0 Å². The molecule has 174 valence electrons. The van der Waals surface area contributed by atoms with E-state index in [9.17, 15) is 19.1 Å². The molecule has 1 saturated heterocycles. The number of urea groups is 1. The van der Waals surface area contributed by atoms with E-state index in [1.807, 2.05) is 60.7 Å². The van der Waals surface area contributed by atoms with Crippen molar-refractivity contribution < 1.29 is 33.3 Å². The van der Waals surface area contributed by atoms with Crippen LogP contribution in [0.15, 0.2) is 72.9 Å². The van der Waals surface area contributed by atoms with Gasteiger partial charge in [0.25, 0.3) is 0 Å². The smallest absolute Gasteiger partial charge is 0.326 e. The van der Waals surface area contributed by atoms with E-state index < -0.39 is 42.6 Å². The third-order valence-corrected chi connectivity index (χ3v) is 5.46. The monoisotopic (exact) mass is 456 g/mol. The Labute approximate surface area is 190 Å². The average Bonchev–Trinajstić information content (AvgIpc) is 3.10. The van der Waals surface area contributed by atoms with E-state index in [1.54, 1.807) is 0 Å². The van der Waals surface area contributed by atoms with Crippen LogP contribution in [0.25, 0.3) is 0 Å². The molecule has 2 aromatic carbocycles. The van der Waals surface area contributed by atoms with E-state index in [0.717, 1.165) is 16.0 Å². The van der Waals surface area contributed by atoms with Crippen LogP contribution in [0, 0.1) is 0 Å². The fourth-order valence-electron chi connectivity index (χ4n) is 3.75. The number of aliphatic hydroxyl groups excluding tert-OH is 1. The minimum absolute atomic E-state index is 0.0501. The molecule has 2 aromatic rings. The van der Waals surface area contributed by atoms with Crippen molar-refractivity contribution in [3.05, 3.63) is 84.1 Å². The number of alkyl halides is 1. The Morgan fingerprint density at radius 3 is 2.27 bits per heavy atom. The number of Topliss-reactive ketones (excluding diaryl/α,β-unsaturated/α-hetero) is 1. The molecule has 2 heterocycles. The number of ketones is 1. The predicted molar refractivity (Wildman–Crippen MR) is 115 cm³/mol. The molecule has 1 fully saturated rings. The number of halogens is 1. The third-order valence-electron chi connectivity index (χ3n) is 5.46. The zero-order valence-electron chi connectivity index (χ0n) is 17.8. The van der Waals surface area contributed by atoms with Gasteiger partial charge >= 0.3 is 6.03 Å². The lowest BCUT2D eigenvalue weighted by Gasteiger charge is -2.32. The van der Waals surface area contributed by atoms with Crippen molar-refractivity contribution in [1.82, 2.24) is 10.2 Å². The van der Waals surface area contributed by atoms with Crippen molar-refractivity contribution in [2.45, 2.75) is 37.4 Å². The Bertz CT molecular complexity index is 989. The Morgan fingerprint density at radius 1 is 1.03 bits per heavy atom. The number of ether oxygens (including phenoxy) is 3. The number of nitrogens with zero attached hydrogens (tertiary/aromatic N) is 1. The molecular formula is C24H25FN2O6. The summed E-state index contributed by atoms with van der Waals surface area (Å²) in [5.41, 5.74) is -0.0675. The summed E-state index contributed by atoms with van der Waals surface area (Å²) >= 11 is 0. The summed E-state index contributed by atoms with van der Waals surface area (Å²) in [6.45, 7) is -1.09. The number of hydrogen-bond acceptors (Lipinski definition) is 6. The average molecular weight is 456 g/mol. The molecule has 0 bridgehead atoms. The fraction of sp³-hybridized carbons (Fsp3) is 0.333. The van der Waals surface area contributed by atoms with Crippen LogP contribution < -0.4 is 5.32 Å². The molecule has 2 N–H and O–H groups in total. The second-order valence-corrected chi connectivity index (χ2v) is 7.87. The third kappa shape index (κ3) is 5.12. The van der Waals surface area contributed by atoms with Crippen molar-refractivity contribution in [2.75, 3.05) is 13.3 Å². The van der Waals surface area contributed by atoms with E-state index in [0.29, 0.717) is 0 Å². The van der Waals surface area contributed by atoms with Crippen LogP contribution >= 0.6 is 0 Å². The molecule has 8 nitrogen and oxygen atoms in total. The van der Waals surface area contributed by atoms with E-state index in [-0.39, 0.29) is 19.8 Å². The number of benzene rings is 2. The molecule has 2 amide bonds. The summed E-state index contributed by atoms with van der Waals surface area (Å²) in [7, 11) is 0. The van der Waals surface area contributed by atoms with E-state index in [4.69, 9.17) is 14.2 Å². The SMILES string of the molecule is O=C1[C@H](N2C=CC(O)NC2=O)O[C@](CF)(COCc2ccccc2)[C@H]1OCc1ccccc1. The minimum atomic E-state index is -1.74. The van der Waals surface area contributed by atoms with E-state index in [1.165, 1.54) is 12.3 Å². The standard InChI is InChI=1S/C24H25FN2O6/c25-15-24(16-31-13-17-7-3-1-4-8-17)21(32-14-18-9-5-2-6-10-18)20(29)22(33-24)27-12-11-19(28)26-23(27)30/h1-12,19,21-22,28H,13-16H2,(H,26,30)/t19?,21-,22+,24+/m0/s1. The molecule has 4 rings (SSSR count). The lowest BCUT2D eigenvalue weighted by Crippen LogP contribution is -2.52. The van der Waals surface area contributed by atoms with Crippen LogP contribution in [0.4, 0.5) is 9.18 Å². The van der Waals surface area contributed by atoms with Crippen molar-refractivity contribution >= 4 is 11.8 Å². The predicted octanol–water partition coefficient (Wildman–Crippen LogP) is 2.28. The number of hydrogen-bond donors (Lipinski definition) is 2. The molecule has 0 spiro atoms. The number of carbonyl (C=O) groups is 2. The zero-order valence-corrected chi connectivity index (χ0v) is 17.8. The zero-order chi connectivity index (χ0) is 23.3. The van der Waals surface area contributed by atoms with E-state index in [2.05, 4.69) is 5.32 Å². The first-order valence-electron chi connectivity index (χ1n) is 10.5. The van der Waals surface area contributed by atoms with Crippen LogP contribution in [0.2, 0.25) is 0 Å². The summed E-state index contributed by atoms with van der Waals surface area (Å²) < 4.78 is 32.0. The van der Waals surface area contributed by atoms with Gasteiger partial charge in [-0.3, -0.25) is 9.69 Å². The fourth-order valence-corrected chi connectivity index (χ4v) is 3.75. The lowest BCUT2D eigenvalue weighted by molar-refractivity contribution is -0.166. The molecule has 0 radical (unpaired) electrons. The molecule has 2 aliphatic rings. The molecular weight excluding hydrogens is 431 g/mol. The van der Waals surface area contributed by atoms with Gasteiger partial charge in [0.15, 0.2) is 11.7 Å². The number of amides is 2. The van der Waals surface area contributed by atoms with Gasteiger partial charge in [0, 0.05) is 6.20 Å². The highest BCUT2D eigenvalue weighted by Gasteiger charge is 2.58. The Kier molecular flexibility index (Phi) is 7.14. The number of carbonyl (C=O) groups excluding carboxylic acids is 2. The Hall–Kier alpha value is -3.11. The van der Waals surface area contributed by atoms with Crippen molar-refractivity contribution in [3.63, 3.8) is 0 Å². The highest BCUT2D eigenvalue weighted by atomic mass is 19.1. The molecule has 0 saturated carbocycles. The Morgan fingerprint density at radius 2 is 1.67 bits per heavy atom. The van der Waals surface area contributed by atoms with Gasteiger partial charge in [-0.15, -0.1) is 0 Å². The van der Waals surface area contributed by atoms with Gasteiger partial charge in [-0.1, -0.05) is 60.7 Å².